The molecule has 4 nitrogen and oxygen atoms in total. The van der Waals surface area contributed by atoms with Gasteiger partial charge in [0.1, 0.15) is 10.6 Å². The summed E-state index contributed by atoms with van der Waals surface area (Å²) >= 11 is 5.24. The molecule has 6 heteroatoms. The van der Waals surface area contributed by atoms with Crippen molar-refractivity contribution in [2.75, 3.05) is 7.11 Å². The average Bonchev–Trinajstić information content (AvgIpc) is 2.28. The van der Waals surface area contributed by atoms with Gasteiger partial charge in [0, 0.05) is 6.42 Å². The molecule has 1 aromatic carbocycles. The maximum Gasteiger partial charge on any atom is 0.222 e. The summed E-state index contributed by atoms with van der Waals surface area (Å²) in [5, 5.41) is -1.55. The van der Waals surface area contributed by atoms with Gasteiger partial charge < -0.3 is 4.74 Å². The third-order valence-corrected chi connectivity index (χ3v) is 4.92. The minimum atomic E-state index is -3.63. The molecule has 0 radical (unpaired) electrons. The molecule has 0 spiro atoms. The Morgan fingerprint density at radius 2 is 2.06 bits per heavy atom. The zero-order chi connectivity index (χ0) is 13.9. The Morgan fingerprint density at radius 1 is 1.44 bits per heavy atom. The number of aryl methyl sites for hydroxylation is 1. The van der Waals surface area contributed by atoms with Crippen molar-refractivity contribution in [3.8, 4) is 5.75 Å². The van der Waals surface area contributed by atoms with Crippen molar-refractivity contribution in [1.82, 2.24) is 0 Å². The SMILES string of the molecule is COc1ccc(C)cc1S(=O)(=O)C(C)CC(=O)Cl. The summed E-state index contributed by atoms with van der Waals surface area (Å²) < 4.78 is 29.7. The molecule has 1 aromatic rings. The van der Waals surface area contributed by atoms with Crippen LogP contribution in [-0.4, -0.2) is 26.0 Å². The molecule has 0 aromatic heterocycles. The topological polar surface area (TPSA) is 60.4 Å². The highest BCUT2D eigenvalue weighted by molar-refractivity contribution is 7.92. The maximum atomic E-state index is 12.3. The number of carbonyl (C=O) groups excluding carboxylic acids is 1. The highest BCUT2D eigenvalue weighted by atomic mass is 35.5. The van der Waals surface area contributed by atoms with Crippen LogP contribution in [0.5, 0.6) is 5.75 Å². The maximum absolute atomic E-state index is 12.3. The van der Waals surface area contributed by atoms with Gasteiger partial charge in [0.05, 0.1) is 12.4 Å². The number of sulfone groups is 1. The van der Waals surface area contributed by atoms with Crippen LogP contribution in [-0.2, 0) is 14.6 Å². The zero-order valence-corrected chi connectivity index (χ0v) is 12.0. The first-order valence-corrected chi connectivity index (χ1v) is 7.28. The summed E-state index contributed by atoms with van der Waals surface area (Å²) in [7, 11) is -2.23. The Morgan fingerprint density at radius 3 is 2.56 bits per heavy atom. The molecule has 1 rings (SSSR count). The molecule has 1 atom stereocenters. The molecular formula is C12H15ClO4S. The standard InChI is InChI=1S/C12H15ClO4S/c1-8-4-5-10(17-3)11(6-8)18(15,16)9(2)7-12(13)14/h4-6,9H,7H2,1-3H3. The molecule has 0 aliphatic rings. The fourth-order valence-corrected chi connectivity index (χ4v) is 3.47. The number of hydrogen-bond acceptors (Lipinski definition) is 4. The number of hydrogen-bond donors (Lipinski definition) is 0. The van der Waals surface area contributed by atoms with Crippen molar-refractivity contribution in [2.45, 2.75) is 30.4 Å². The van der Waals surface area contributed by atoms with Gasteiger partial charge in [0.25, 0.3) is 0 Å². The van der Waals surface area contributed by atoms with Crippen molar-refractivity contribution >= 4 is 26.7 Å². The molecule has 0 bridgehead atoms. The van der Waals surface area contributed by atoms with Crippen LogP contribution >= 0.6 is 11.6 Å². The second-order valence-corrected chi connectivity index (χ2v) is 6.83. The first-order valence-electron chi connectivity index (χ1n) is 5.36. The minimum Gasteiger partial charge on any atom is -0.495 e. The van der Waals surface area contributed by atoms with E-state index in [4.69, 9.17) is 16.3 Å². The average molecular weight is 291 g/mol. The Bertz CT molecular complexity index is 551. The van der Waals surface area contributed by atoms with Gasteiger partial charge >= 0.3 is 0 Å². The molecule has 0 amide bonds. The first-order chi connectivity index (χ1) is 8.28. The second-order valence-electron chi connectivity index (χ2n) is 4.07. The molecule has 0 saturated carbocycles. The number of rotatable bonds is 5. The van der Waals surface area contributed by atoms with Crippen LogP contribution < -0.4 is 4.74 Å². The lowest BCUT2D eigenvalue weighted by molar-refractivity contribution is -0.111. The van der Waals surface area contributed by atoms with E-state index in [1.807, 2.05) is 0 Å². The molecular weight excluding hydrogens is 276 g/mol. The molecule has 0 N–H and O–H groups in total. The summed E-state index contributed by atoms with van der Waals surface area (Å²) in [6.07, 6.45) is -0.221. The quantitative estimate of drug-likeness (QED) is 0.781. The number of ether oxygens (including phenoxy) is 1. The fourth-order valence-electron chi connectivity index (χ4n) is 1.56. The van der Waals surface area contributed by atoms with E-state index in [-0.39, 0.29) is 17.1 Å². The third kappa shape index (κ3) is 3.23. The third-order valence-electron chi connectivity index (χ3n) is 2.60. The number of benzene rings is 1. The van der Waals surface area contributed by atoms with Gasteiger partial charge in [-0.25, -0.2) is 8.42 Å². The van der Waals surface area contributed by atoms with E-state index in [1.54, 1.807) is 19.1 Å². The van der Waals surface area contributed by atoms with Gasteiger partial charge in [-0.05, 0) is 43.1 Å². The van der Waals surface area contributed by atoms with E-state index in [1.165, 1.54) is 20.1 Å². The van der Waals surface area contributed by atoms with Crippen molar-refractivity contribution in [1.29, 1.82) is 0 Å². The molecule has 18 heavy (non-hydrogen) atoms. The molecule has 0 fully saturated rings. The van der Waals surface area contributed by atoms with Crippen LogP contribution in [0.15, 0.2) is 23.1 Å². The molecule has 1 unspecified atom stereocenters. The van der Waals surface area contributed by atoms with E-state index in [0.717, 1.165) is 5.56 Å². The predicted molar refractivity (Wildman–Crippen MR) is 69.9 cm³/mol. The number of methoxy groups -OCH3 is 1. The molecule has 0 aliphatic heterocycles. The number of halogens is 1. The van der Waals surface area contributed by atoms with Gasteiger partial charge in [0.2, 0.25) is 5.24 Å². The number of carbonyl (C=O) groups is 1. The van der Waals surface area contributed by atoms with E-state index in [9.17, 15) is 13.2 Å². The van der Waals surface area contributed by atoms with E-state index < -0.39 is 20.3 Å². The highest BCUT2D eigenvalue weighted by Gasteiger charge is 2.28. The van der Waals surface area contributed by atoms with Crippen molar-refractivity contribution < 1.29 is 17.9 Å². The minimum absolute atomic E-state index is 0.0930. The van der Waals surface area contributed by atoms with Crippen molar-refractivity contribution in [3.63, 3.8) is 0 Å². The monoisotopic (exact) mass is 290 g/mol. The summed E-state index contributed by atoms with van der Waals surface area (Å²) in [6.45, 7) is 3.24. The zero-order valence-electron chi connectivity index (χ0n) is 10.4. The van der Waals surface area contributed by atoms with Gasteiger partial charge in [0.15, 0.2) is 9.84 Å². The summed E-state index contributed by atoms with van der Waals surface area (Å²) in [5.41, 5.74) is 0.804. The summed E-state index contributed by atoms with van der Waals surface area (Å²) in [5.74, 6) is 0.273. The Labute approximate surface area is 112 Å². The molecule has 100 valence electrons. The van der Waals surface area contributed by atoms with Crippen LogP contribution in [0.1, 0.15) is 18.9 Å². The highest BCUT2D eigenvalue weighted by Crippen LogP contribution is 2.29. The van der Waals surface area contributed by atoms with Crippen molar-refractivity contribution in [3.05, 3.63) is 23.8 Å². The lowest BCUT2D eigenvalue weighted by Gasteiger charge is -2.14. The first kappa shape index (κ1) is 15.0. The van der Waals surface area contributed by atoms with Crippen LogP contribution in [0, 0.1) is 6.92 Å². The Balaban J connectivity index is 3.27. The summed E-state index contributed by atoms with van der Waals surface area (Å²) in [6, 6.07) is 4.88. The van der Waals surface area contributed by atoms with E-state index in [0.29, 0.717) is 0 Å². The van der Waals surface area contributed by atoms with Crippen molar-refractivity contribution in [2.24, 2.45) is 0 Å². The normalized spacial score (nSPS) is 13.1. The molecule has 0 aliphatic carbocycles. The molecule has 0 heterocycles. The second kappa shape index (κ2) is 5.71. The summed E-state index contributed by atoms with van der Waals surface area (Å²) in [4.78, 5) is 10.9. The van der Waals surface area contributed by atoms with Crippen LogP contribution in [0.2, 0.25) is 0 Å². The Hall–Kier alpha value is -1.07. The van der Waals surface area contributed by atoms with Crippen LogP contribution in [0.4, 0.5) is 0 Å². The van der Waals surface area contributed by atoms with Gasteiger partial charge in [-0.15, -0.1) is 0 Å². The van der Waals surface area contributed by atoms with Gasteiger partial charge in [-0.3, -0.25) is 4.79 Å². The largest absolute Gasteiger partial charge is 0.495 e. The van der Waals surface area contributed by atoms with Crippen LogP contribution in [0.25, 0.3) is 0 Å². The van der Waals surface area contributed by atoms with E-state index in [2.05, 4.69) is 0 Å². The lowest BCUT2D eigenvalue weighted by atomic mass is 10.2. The smallest absolute Gasteiger partial charge is 0.222 e. The van der Waals surface area contributed by atoms with Crippen LogP contribution in [0.3, 0.4) is 0 Å². The van der Waals surface area contributed by atoms with Gasteiger partial charge in [-0.1, -0.05) is 6.07 Å². The van der Waals surface area contributed by atoms with Gasteiger partial charge in [-0.2, -0.15) is 0 Å². The van der Waals surface area contributed by atoms with E-state index >= 15 is 0 Å². The molecule has 0 saturated heterocycles. The predicted octanol–water partition coefficient (Wildman–Crippen LogP) is 2.32. The lowest BCUT2D eigenvalue weighted by Crippen LogP contribution is -2.20. The fraction of sp³-hybridized carbons (Fsp3) is 0.417. The Kier molecular flexibility index (Phi) is 4.76.